The molecule has 6 nitrogen and oxygen atoms in total. The highest BCUT2D eigenvalue weighted by Crippen LogP contribution is 2.67. The van der Waals surface area contributed by atoms with E-state index < -0.39 is 20.6 Å². The molecule has 0 aromatic heterocycles. The van der Waals surface area contributed by atoms with Crippen LogP contribution in [0.3, 0.4) is 0 Å². The molecule has 1 aliphatic rings. The van der Waals surface area contributed by atoms with Crippen molar-refractivity contribution in [2.45, 2.75) is 130 Å². The molecule has 216 valence electrons. The van der Waals surface area contributed by atoms with Gasteiger partial charge in [-0.3, -0.25) is 4.79 Å². The number of allylic oxidation sites excluding steroid dienone is 2. The van der Waals surface area contributed by atoms with E-state index in [2.05, 4.69) is 19.1 Å². The second kappa shape index (κ2) is 18.1. The van der Waals surface area contributed by atoms with Crippen molar-refractivity contribution in [3.63, 3.8) is 0 Å². The number of carbonyl (C=O) groups is 1. The molecule has 2 rings (SSSR count). The fourth-order valence-electron chi connectivity index (χ4n) is 4.62. The van der Waals surface area contributed by atoms with Crippen molar-refractivity contribution in [1.29, 1.82) is 0 Å². The average molecular weight is 552 g/mol. The van der Waals surface area contributed by atoms with E-state index in [0.717, 1.165) is 31.2 Å². The molecule has 1 saturated heterocycles. The standard InChI is InChI=1S/C31H52O6P/c1-5-6-7-8-9-10-11-12-13-14-15-16-17-18-22-25-29(32)35-27(2)36-38(33)34-26-31(3,4)30(37-38)28-23-20-19-21-24-28/h12-13,19-21,23-24,27,30,33H,5-11,14-18,22,25-26H2,1-4H3/q+1. The predicted octanol–water partition coefficient (Wildman–Crippen LogP) is 9.41. The summed E-state index contributed by atoms with van der Waals surface area (Å²) in [4.78, 5) is 23.1. The lowest BCUT2D eigenvalue weighted by Gasteiger charge is -2.37. The van der Waals surface area contributed by atoms with Crippen LogP contribution in [0.5, 0.6) is 0 Å². The number of ether oxygens (including phenoxy) is 1. The largest absolute Gasteiger partial charge is 0.577 e. The molecule has 0 spiro atoms. The van der Waals surface area contributed by atoms with Gasteiger partial charge in [-0.25, -0.2) is 0 Å². The molecular weight excluding hydrogens is 499 g/mol. The number of hydrogen-bond acceptors (Lipinski definition) is 6. The van der Waals surface area contributed by atoms with Gasteiger partial charge in [-0.1, -0.05) is 115 Å². The minimum absolute atomic E-state index is 0.270. The van der Waals surface area contributed by atoms with Crippen LogP contribution in [0.4, 0.5) is 0 Å². The maximum Gasteiger partial charge on any atom is 0.577 e. The minimum atomic E-state index is -3.62. The zero-order chi connectivity index (χ0) is 27.7. The summed E-state index contributed by atoms with van der Waals surface area (Å²) in [5.74, 6) is -0.335. The van der Waals surface area contributed by atoms with Crippen LogP contribution in [-0.2, 0) is 23.1 Å². The van der Waals surface area contributed by atoms with Gasteiger partial charge in [-0.15, -0.1) is 9.05 Å². The smallest absolute Gasteiger partial charge is 0.432 e. The lowest BCUT2D eigenvalue weighted by Crippen LogP contribution is -2.36. The first kappa shape index (κ1) is 32.9. The number of esters is 1. The normalized spacial score (nSPS) is 22.0. The van der Waals surface area contributed by atoms with E-state index in [0.29, 0.717) is 6.42 Å². The van der Waals surface area contributed by atoms with Crippen molar-refractivity contribution >= 4 is 14.1 Å². The summed E-state index contributed by atoms with van der Waals surface area (Å²) in [7, 11) is -3.62. The second-order valence-corrected chi connectivity index (χ2v) is 12.7. The number of hydrogen-bond donors (Lipinski definition) is 1. The third kappa shape index (κ3) is 13.2. The summed E-state index contributed by atoms with van der Waals surface area (Å²) in [5, 5.41) is 0. The molecule has 0 saturated carbocycles. The summed E-state index contributed by atoms with van der Waals surface area (Å²) in [6.45, 7) is 8.15. The van der Waals surface area contributed by atoms with Crippen molar-refractivity contribution in [1.82, 2.24) is 0 Å². The maximum absolute atomic E-state index is 12.3. The van der Waals surface area contributed by atoms with Gasteiger partial charge in [0.25, 0.3) is 0 Å². The zero-order valence-corrected chi connectivity index (χ0v) is 25.1. The Labute approximate surface area is 232 Å². The van der Waals surface area contributed by atoms with Crippen LogP contribution in [0.15, 0.2) is 42.5 Å². The van der Waals surface area contributed by atoms with E-state index in [9.17, 15) is 9.69 Å². The summed E-state index contributed by atoms with van der Waals surface area (Å²) in [6.07, 6.45) is 19.4. The summed E-state index contributed by atoms with van der Waals surface area (Å²) in [6, 6.07) is 9.72. The Hall–Kier alpha value is -1.30. The lowest BCUT2D eigenvalue weighted by molar-refractivity contribution is -0.169. The van der Waals surface area contributed by atoms with Gasteiger partial charge in [0.05, 0.1) is 0 Å². The molecular formula is C31H52O6P+. The number of rotatable bonds is 19. The van der Waals surface area contributed by atoms with Gasteiger partial charge in [0.2, 0.25) is 6.29 Å². The van der Waals surface area contributed by atoms with E-state index in [1.807, 2.05) is 44.2 Å². The van der Waals surface area contributed by atoms with Crippen molar-refractivity contribution < 1.29 is 28.0 Å². The monoisotopic (exact) mass is 551 g/mol. The Morgan fingerprint density at radius 3 is 2.21 bits per heavy atom. The molecule has 1 aromatic carbocycles. The molecule has 7 heteroatoms. The van der Waals surface area contributed by atoms with Crippen molar-refractivity contribution in [2.24, 2.45) is 5.41 Å². The van der Waals surface area contributed by atoms with Gasteiger partial charge in [0, 0.05) is 18.8 Å². The molecule has 1 heterocycles. The van der Waals surface area contributed by atoms with Crippen LogP contribution >= 0.6 is 8.17 Å². The fraction of sp³-hybridized carbons (Fsp3) is 0.710. The molecule has 1 aromatic rings. The van der Waals surface area contributed by atoms with E-state index in [1.165, 1.54) is 57.8 Å². The first-order chi connectivity index (χ1) is 18.3. The van der Waals surface area contributed by atoms with Crippen molar-refractivity contribution in [2.75, 3.05) is 6.61 Å². The molecule has 0 radical (unpaired) electrons. The molecule has 0 amide bonds. The van der Waals surface area contributed by atoms with E-state index in [-0.39, 0.29) is 18.0 Å². The van der Waals surface area contributed by atoms with E-state index in [1.54, 1.807) is 6.92 Å². The second-order valence-electron chi connectivity index (χ2n) is 11.1. The summed E-state index contributed by atoms with van der Waals surface area (Å²) >= 11 is 0. The molecule has 0 bridgehead atoms. The quantitative estimate of drug-likeness (QED) is 0.0607. The SMILES string of the molecule is CCCCCCCCC=CCCCCCCCC(=O)OC(C)O[P+]1(O)OCC(C)(C)C(c2ccccc2)O1. The number of carbonyl (C=O) groups excluding carboxylic acids is 1. The highest BCUT2D eigenvalue weighted by Gasteiger charge is 2.58. The van der Waals surface area contributed by atoms with Gasteiger partial charge in [-0.05, 0) is 37.7 Å². The van der Waals surface area contributed by atoms with Crippen LogP contribution < -0.4 is 0 Å². The van der Waals surface area contributed by atoms with Gasteiger partial charge in [-0.2, -0.15) is 9.42 Å². The molecule has 3 atom stereocenters. The van der Waals surface area contributed by atoms with Crippen LogP contribution in [0, 0.1) is 5.41 Å². The summed E-state index contributed by atoms with van der Waals surface area (Å²) in [5.41, 5.74) is 0.595. The molecule has 0 aliphatic carbocycles. The van der Waals surface area contributed by atoms with Crippen molar-refractivity contribution in [3.05, 3.63) is 48.0 Å². The fourth-order valence-corrected chi connectivity index (χ4v) is 6.38. The zero-order valence-electron chi connectivity index (χ0n) is 24.2. The highest BCUT2D eigenvalue weighted by atomic mass is 31.2. The summed E-state index contributed by atoms with van der Waals surface area (Å²) < 4.78 is 22.5. The third-order valence-electron chi connectivity index (χ3n) is 6.87. The van der Waals surface area contributed by atoms with Crippen molar-refractivity contribution in [3.8, 4) is 0 Å². The van der Waals surface area contributed by atoms with Crippen LogP contribution in [0.25, 0.3) is 0 Å². The molecule has 38 heavy (non-hydrogen) atoms. The molecule has 1 aliphatic heterocycles. The molecule has 1 fully saturated rings. The number of benzene rings is 1. The Morgan fingerprint density at radius 1 is 1.00 bits per heavy atom. The highest BCUT2D eigenvalue weighted by molar-refractivity contribution is 7.55. The Balaban J connectivity index is 1.54. The van der Waals surface area contributed by atoms with Gasteiger partial charge >= 0.3 is 14.1 Å². The molecule has 3 unspecified atom stereocenters. The minimum Gasteiger partial charge on any atom is -0.432 e. The molecule has 1 N–H and O–H groups in total. The Morgan fingerprint density at radius 2 is 1.58 bits per heavy atom. The Bertz CT molecular complexity index is 799. The maximum atomic E-state index is 12.3. The van der Waals surface area contributed by atoms with Crippen LogP contribution in [0.1, 0.15) is 129 Å². The van der Waals surface area contributed by atoms with Crippen LogP contribution in [-0.4, -0.2) is 23.8 Å². The topological polar surface area (TPSA) is 74.2 Å². The predicted molar refractivity (Wildman–Crippen MR) is 155 cm³/mol. The Kier molecular flexibility index (Phi) is 15.7. The van der Waals surface area contributed by atoms with Gasteiger partial charge in [0.1, 0.15) is 12.7 Å². The van der Waals surface area contributed by atoms with Gasteiger partial charge in [0.15, 0.2) is 0 Å². The third-order valence-corrected chi connectivity index (χ3v) is 8.37. The number of unbranched alkanes of at least 4 members (excludes halogenated alkanes) is 11. The first-order valence-electron chi connectivity index (χ1n) is 14.8. The lowest BCUT2D eigenvalue weighted by atomic mass is 9.83. The van der Waals surface area contributed by atoms with E-state index in [4.69, 9.17) is 18.3 Å². The first-order valence-corrected chi connectivity index (χ1v) is 16.3. The average Bonchev–Trinajstić information content (AvgIpc) is 2.88. The van der Waals surface area contributed by atoms with Crippen LogP contribution in [0.2, 0.25) is 0 Å². The van der Waals surface area contributed by atoms with E-state index >= 15 is 0 Å². The van der Waals surface area contributed by atoms with Gasteiger partial charge < -0.3 is 4.74 Å².